The molecule has 2 saturated carbocycles. The molecule has 0 radical (unpaired) electrons. The molecule has 0 amide bonds. The first-order chi connectivity index (χ1) is 13.8. The van der Waals surface area contributed by atoms with Crippen LogP contribution in [0.4, 0.5) is 0 Å². The lowest BCUT2D eigenvalue weighted by Crippen LogP contribution is -2.62. The van der Waals surface area contributed by atoms with Crippen molar-refractivity contribution in [3.8, 4) is 0 Å². The molecule has 4 heteroatoms. The lowest BCUT2D eigenvalue weighted by atomic mass is 9.52. The number of rotatable bonds is 4. The zero-order valence-corrected chi connectivity index (χ0v) is 18.9. The minimum atomic E-state index is -0.489. The van der Waals surface area contributed by atoms with Crippen LogP contribution in [0.1, 0.15) is 91.4 Å². The Morgan fingerprint density at radius 2 is 1.97 bits per heavy atom. The van der Waals surface area contributed by atoms with Crippen LogP contribution in [0.2, 0.25) is 0 Å². The van der Waals surface area contributed by atoms with Gasteiger partial charge in [0.25, 0.3) is 0 Å². The van der Waals surface area contributed by atoms with Crippen LogP contribution in [-0.4, -0.2) is 30.6 Å². The van der Waals surface area contributed by atoms with Gasteiger partial charge in [-0.2, -0.15) is 0 Å². The van der Waals surface area contributed by atoms with E-state index in [4.69, 9.17) is 9.47 Å². The quantitative estimate of drug-likeness (QED) is 0.595. The van der Waals surface area contributed by atoms with E-state index in [9.17, 15) is 9.59 Å². The molecular formula is C25H40O4. The second-order valence-electron chi connectivity index (χ2n) is 11.0. The van der Waals surface area contributed by atoms with E-state index in [1.165, 1.54) is 26.4 Å². The van der Waals surface area contributed by atoms with Crippen molar-refractivity contribution < 1.29 is 19.1 Å². The summed E-state index contributed by atoms with van der Waals surface area (Å²) < 4.78 is 11.6. The Bertz CT molecular complexity index is 645. The summed E-state index contributed by atoms with van der Waals surface area (Å²) >= 11 is 0. The van der Waals surface area contributed by atoms with E-state index < -0.39 is 5.60 Å². The van der Waals surface area contributed by atoms with Gasteiger partial charge in [0.05, 0.1) is 13.2 Å². The first kappa shape index (κ1) is 21.3. The van der Waals surface area contributed by atoms with Crippen LogP contribution in [0.15, 0.2) is 0 Å². The van der Waals surface area contributed by atoms with Crippen LogP contribution in [0, 0.1) is 35.0 Å². The molecule has 2 aliphatic heterocycles. The third-order valence-corrected chi connectivity index (χ3v) is 9.39. The average molecular weight is 405 g/mol. The predicted octanol–water partition coefficient (Wildman–Crippen LogP) is 5.33. The van der Waals surface area contributed by atoms with Gasteiger partial charge in [-0.05, 0) is 86.4 Å². The highest BCUT2D eigenvalue weighted by Gasteiger charge is 2.64. The SMILES string of the molecule is COC(=O)CC[C@@H](C)[C@@H]1CC[C@@H]2[C@@H]3CC[C@@H](C)C[C@H]4CCC[C@@]3(O4)C(=O)C[C@@]21C. The predicted molar refractivity (Wildman–Crippen MR) is 112 cm³/mol. The van der Waals surface area contributed by atoms with E-state index in [-0.39, 0.29) is 17.5 Å². The maximum Gasteiger partial charge on any atom is 0.305 e. The number of Topliss-reactive ketones (excluding diaryl/α,β-unsaturated/α-hetero) is 1. The molecule has 0 aromatic carbocycles. The largest absolute Gasteiger partial charge is 0.469 e. The van der Waals surface area contributed by atoms with Crippen molar-refractivity contribution in [1.82, 2.24) is 0 Å². The Labute approximate surface area is 176 Å². The molecule has 164 valence electrons. The zero-order chi connectivity index (χ0) is 20.8. The van der Waals surface area contributed by atoms with Gasteiger partial charge in [0.1, 0.15) is 5.60 Å². The van der Waals surface area contributed by atoms with Crippen molar-refractivity contribution in [2.24, 2.45) is 35.0 Å². The van der Waals surface area contributed by atoms with Crippen molar-refractivity contribution in [3.05, 3.63) is 0 Å². The monoisotopic (exact) mass is 404 g/mol. The number of fused-ring (bicyclic) bond motifs is 3. The minimum absolute atomic E-state index is 0.0568. The Kier molecular flexibility index (Phi) is 5.87. The summed E-state index contributed by atoms with van der Waals surface area (Å²) in [4.78, 5) is 25.4. The number of ketones is 1. The fourth-order valence-electron chi connectivity index (χ4n) is 7.94. The molecule has 0 aromatic heterocycles. The number of hydrogen-bond donors (Lipinski definition) is 0. The fourth-order valence-corrected chi connectivity index (χ4v) is 7.94. The molecule has 4 rings (SSSR count). The summed E-state index contributed by atoms with van der Waals surface area (Å²) in [6.45, 7) is 7.03. The first-order valence-corrected chi connectivity index (χ1v) is 12.1. The molecule has 2 aliphatic carbocycles. The molecule has 4 aliphatic rings. The third kappa shape index (κ3) is 3.58. The third-order valence-electron chi connectivity index (χ3n) is 9.39. The molecule has 29 heavy (non-hydrogen) atoms. The van der Waals surface area contributed by atoms with Crippen molar-refractivity contribution in [1.29, 1.82) is 0 Å². The number of carbonyl (C=O) groups excluding carboxylic acids is 2. The van der Waals surface area contributed by atoms with E-state index in [0.717, 1.165) is 38.5 Å². The van der Waals surface area contributed by atoms with Crippen LogP contribution < -0.4 is 0 Å². The van der Waals surface area contributed by atoms with Crippen LogP contribution >= 0.6 is 0 Å². The van der Waals surface area contributed by atoms with E-state index in [0.29, 0.717) is 48.2 Å². The molecule has 1 spiro atoms. The highest BCUT2D eigenvalue weighted by molar-refractivity contribution is 5.89. The summed E-state index contributed by atoms with van der Waals surface area (Å²) in [5.41, 5.74) is -0.432. The van der Waals surface area contributed by atoms with Gasteiger partial charge in [-0.25, -0.2) is 0 Å². The van der Waals surface area contributed by atoms with Gasteiger partial charge in [-0.1, -0.05) is 27.2 Å². The van der Waals surface area contributed by atoms with E-state index in [2.05, 4.69) is 20.8 Å². The van der Waals surface area contributed by atoms with E-state index in [1.54, 1.807) is 0 Å². The number of carbonyl (C=O) groups is 2. The number of esters is 1. The van der Waals surface area contributed by atoms with Gasteiger partial charge < -0.3 is 9.47 Å². The minimum Gasteiger partial charge on any atom is -0.469 e. The van der Waals surface area contributed by atoms with Crippen molar-refractivity contribution in [3.63, 3.8) is 0 Å². The summed E-state index contributed by atoms with van der Waals surface area (Å²) in [6, 6.07) is 0. The van der Waals surface area contributed by atoms with Crippen LogP contribution in [0.3, 0.4) is 0 Å². The summed E-state index contributed by atoms with van der Waals surface area (Å²) in [6.07, 6.45) is 11.4. The normalized spacial score (nSPS) is 45.5. The van der Waals surface area contributed by atoms with Crippen LogP contribution in [-0.2, 0) is 19.1 Å². The maximum atomic E-state index is 13.7. The van der Waals surface area contributed by atoms with E-state index in [1.807, 2.05) is 0 Å². The second kappa shape index (κ2) is 7.98. The van der Waals surface area contributed by atoms with Gasteiger partial charge in [0.15, 0.2) is 5.78 Å². The van der Waals surface area contributed by atoms with Crippen LogP contribution in [0.5, 0.6) is 0 Å². The number of hydrogen-bond acceptors (Lipinski definition) is 4. The molecule has 4 nitrogen and oxygen atoms in total. The lowest BCUT2D eigenvalue weighted by Gasteiger charge is -2.57. The average Bonchev–Trinajstić information content (AvgIpc) is 3.02. The van der Waals surface area contributed by atoms with Gasteiger partial charge in [0, 0.05) is 12.8 Å². The molecule has 2 saturated heterocycles. The highest BCUT2D eigenvalue weighted by atomic mass is 16.5. The standard InChI is InChI=1S/C25H40O4/c1-16-7-9-21-20-11-10-19(17(2)8-12-23(27)28-4)24(20,3)15-22(26)25(21)13-5-6-18(14-16)29-25/h16-21H,5-15H2,1-4H3/t16-,17-,18-,19+,20-,21+,24-,25+/m1/s1. The Morgan fingerprint density at radius 1 is 1.21 bits per heavy atom. The molecule has 0 aromatic rings. The molecule has 2 bridgehead atoms. The smallest absolute Gasteiger partial charge is 0.305 e. The Hall–Kier alpha value is -0.900. The topological polar surface area (TPSA) is 52.6 Å². The van der Waals surface area contributed by atoms with Gasteiger partial charge >= 0.3 is 5.97 Å². The number of methoxy groups -OCH3 is 1. The molecule has 4 fully saturated rings. The molecule has 2 heterocycles. The van der Waals surface area contributed by atoms with Crippen molar-refractivity contribution >= 4 is 11.8 Å². The molecule has 8 atom stereocenters. The lowest BCUT2D eigenvalue weighted by molar-refractivity contribution is -0.213. The summed E-state index contributed by atoms with van der Waals surface area (Å²) in [5, 5.41) is 0. The van der Waals surface area contributed by atoms with E-state index >= 15 is 0 Å². The molecular weight excluding hydrogens is 364 g/mol. The van der Waals surface area contributed by atoms with Gasteiger partial charge in [-0.3, -0.25) is 9.59 Å². The zero-order valence-electron chi connectivity index (χ0n) is 18.9. The van der Waals surface area contributed by atoms with Crippen molar-refractivity contribution in [2.45, 2.75) is 103 Å². The fraction of sp³-hybridized carbons (Fsp3) is 0.920. The molecule has 0 N–H and O–H groups in total. The Morgan fingerprint density at radius 3 is 2.72 bits per heavy atom. The summed E-state index contributed by atoms with van der Waals surface area (Å²) in [5.74, 6) is 2.89. The molecule has 0 unspecified atom stereocenters. The summed E-state index contributed by atoms with van der Waals surface area (Å²) in [7, 11) is 1.46. The second-order valence-corrected chi connectivity index (χ2v) is 11.0. The van der Waals surface area contributed by atoms with Crippen molar-refractivity contribution in [2.75, 3.05) is 7.11 Å². The first-order valence-electron chi connectivity index (χ1n) is 12.1. The van der Waals surface area contributed by atoms with Crippen LogP contribution in [0.25, 0.3) is 0 Å². The van der Waals surface area contributed by atoms with Gasteiger partial charge in [0.2, 0.25) is 0 Å². The highest BCUT2D eigenvalue weighted by Crippen LogP contribution is 2.64. The van der Waals surface area contributed by atoms with Gasteiger partial charge in [-0.15, -0.1) is 0 Å². The maximum absolute atomic E-state index is 13.7. The Balaban J connectivity index is 1.59. The number of ether oxygens (including phenoxy) is 2.